The Morgan fingerprint density at radius 3 is 2.72 bits per heavy atom. The van der Waals surface area contributed by atoms with E-state index in [4.69, 9.17) is 0 Å². The molecule has 0 fully saturated rings. The van der Waals surface area contributed by atoms with Crippen molar-refractivity contribution in [2.75, 3.05) is 12.4 Å². The van der Waals surface area contributed by atoms with E-state index in [1.807, 2.05) is 20.0 Å². The monoisotopic (exact) mass is 357 g/mol. The van der Waals surface area contributed by atoms with Crippen molar-refractivity contribution in [3.05, 3.63) is 39.3 Å². The Morgan fingerprint density at radius 2 is 2.11 bits per heavy atom. The summed E-state index contributed by atoms with van der Waals surface area (Å²) < 4.78 is 14.2. The van der Waals surface area contributed by atoms with E-state index in [2.05, 4.69) is 37.9 Å². The molecule has 5 heteroatoms. The predicted molar refractivity (Wildman–Crippen MR) is 79.1 cm³/mol. The van der Waals surface area contributed by atoms with E-state index < -0.39 is 0 Å². The Balaban J connectivity index is 2.58. The number of benzene rings is 1. The molecule has 0 saturated heterocycles. The molecule has 0 radical (unpaired) electrons. The maximum atomic E-state index is 13.2. The lowest BCUT2D eigenvalue weighted by Crippen LogP contribution is -2.04. The lowest BCUT2D eigenvalue weighted by Gasteiger charge is -2.10. The van der Waals surface area contributed by atoms with Gasteiger partial charge in [0.2, 0.25) is 0 Å². The van der Waals surface area contributed by atoms with E-state index in [-0.39, 0.29) is 5.82 Å². The molecule has 2 rings (SSSR count). The first-order valence-electron chi connectivity index (χ1n) is 5.65. The number of rotatable bonds is 3. The zero-order chi connectivity index (χ0) is 13.1. The van der Waals surface area contributed by atoms with Gasteiger partial charge in [0.05, 0.1) is 9.26 Å². The summed E-state index contributed by atoms with van der Waals surface area (Å²) in [6.45, 7) is 2.04. The Bertz CT molecular complexity index is 547. The molecule has 0 aliphatic heterocycles. The highest BCUT2D eigenvalue weighted by molar-refractivity contribution is 14.1. The van der Waals surface area contributed by atoms with Gasteiger partial charge < -0.3 is 5.32 Å². The van der Waals surface area contributed by atoms with Crippen molar-refractivity contribution < 1.29 is 4.39 Å². The summed E-state index contributed by atoms with van der Waals surface area (Å²) in [5.41, 5.74) is 1.66. The molecule has 1 aromatic heterocycles. The van der Waals surface area contributed by atoms with Gasteiger partial charge in [0, 0.05) is 12.6 Å². The third-order valence-electron chi connectivity index (χ3n) is 2.57. The van der Waals surface area contributed by atoms with Crippen molar-refractivity contribution in [2.24, 2.45) is 0 Å². The van der Waals surface area contributed by atoms with Gasteiger partial charge in [0.25, 0.3) is 0 Å². The fourth-order valence-electron chi connectivity index (χ4n) is 1.65. The first-order valence-corrected chi connectivity index (χ1v) is 6.73. The van der Waals surface area contributed by atoms with E-state index in [0.29, 0.717) is 11.4 Å². The fraction of sp³-hybridized carbons (Fsp3) is 0.231. The van der Waals surface area contributed by atoms with Crippen LogP contribution >= 0.6 is 22.6 Å². The summed E-state index contributed by atoms with van der Waals surface area (Å²) in [6.07, 6.45) is 0.817. The minimum absolute atomic E-state index is 0.279. The summed E-state index contributed by atoms with van der Waals surface area (Å²) in [5, 5.41) is 3.04. The molecular weight excluding hydrogens is 344 g/mol. The van der Waals surface area contributed by atoms with Gasteiger partial charge in [-0.2, -0.15) is 0 Å². The minimum Gasteiger partial charge on any atom is -0.372 e. The number of aryl methyl sites for hydroxylation is 1. The van der Waals surface area contributed by atoms with E-state index >= 15 is 0 Å². The summed E-state index contributed by atoms with van der Waals surface area (Å²) in [5.74, 6) is 1.05. The van der Waals surface area contributed by atoms with Crippen LogP contribution < -0.4 is 5.32 Å². The van der Waals surface area contributed by atoms with Crippen LogP contribution in [0, 0.1) is 9.39 Å². The van der Waals surface area contributed by atoms with Crippen LogP contribution in [0.5, 0.6) is 0 Å². The Morgan fingerprint density at radius 1 is 1.33 bits per heavy atom. The van der Waals surface area contributed by atoms with Crippen molar-refractivity contribution in [3.8, 4) is 11.4 Å². The van der Waals surface area contributed by atoms with Crippen molar-refractivity contribution in [2.45, 2.75) is 13.3 Å². The van der Waals surface area contributed by atoms with Gasteiger partial charge in [0.1, 0.15) is 11.6 Å². The van der Waals surface area contributed by atoms with Crippen molar-refractivity contribution in [1.29, 1.82) is 0 Å². The van der Waals surface area contributed by atoms with Gasteiger partial charge >= 0.3 is 0 Å². The average molecular weight is 357 g/mol. The zero-order valence-electron chi connectivity index (χ0n) is 10.2. The second-order valence-electron chi connectivity index (χ2n) is 3.77. The number of nitrogens with zero attached hydrogens (tertiary/aromatic N) is 2. The van der Waals surface area contributed by atoms with E-state index in [1.165, 1.54) is 12.1 Å². The SMILES string of the molecule is CCc1nc(-c2cccc(F)c2)nc(NC)c1I. The number of hydrogen-bond acceptors (Lipinski definition) is 3. The van der Waals surface area contributed by atoms with Crippen molar-refractivity contribution in [1.82, 2.24) is 9.97 Å². The number of hydrogen-bond donors (Lipinski definition) is 1. The van der Waals surface area contributed by atoms with Gasteiger partial charge in [-0.25, -0.2) is 14.4 Å². The first-order chi connectivity index (χ1) is 8.65. The molecular formula is C13H13FIN3. The third kappa shape index (κ3) is 2.60. The fourth-order valence-corrected chi connectivity index (χ4v) is 2.54. The summed E-state index contributed by atoms with van der Waals surface area (Å²) in [7, 11) is 1.82. The Kier molecular flexibility index (Phi) is 4.11. The van der Waals surface area contributed by atoms with Gasteiger partial charge in [-0.15, -0.1) is 0 Å². The average Bonchev–Trinajstić information content (AvgIpc) is 2.39. The molecule has 0 aliphatic rings. The van der Waals surface area contributed by atoms with Crippen LogP contribution in [-0.4, -0.2) is 17.0 Å². The zero-order valence-corrected chi connectivity index (χ0v) is 12.3. The van der Waals surface area contributed by atoms with Gasteiger partial charge in [-0.1, -0.05) is 19.1 Å². The van der Waals surface area contributed by atoms with E-state index in [0.717, 1.165) is 21.5 Å². The first kappa shape index (κ1) is 13.2. The smallest absolute Gasteiger partial charge is 0.161 e. The molecule has 0 amide bonds. The van der Waals surface area contributed by atoms with Gasteiger partial charge in [-0.05, 0) is 41.1 Å². The summed E-state index contributed by atoms with van der Waals surface area (Å²) in [4.78, 5) is 8.90. The number of anilines is 1. The van der Waals surface area contributed by atoms with E-state index in [9.17, 15) is 4.39 Å². The molecule has 1 heterocycles. The van der Waals surface area contributed by atoms with Gasteiger partial charge in [0.15, 0.2) is 5.82 Å². The predicted octanol–water partition coefficient (Wildman–Crippen LogP) is 3.49. The molecule has 0 aliphatic carbocycles. The highest BCUT2D eigenvalue weighted by Gasteiger charge is 2.11. The highest BCUT2D eigenvalue weighted by Crippen LogP contribution is 2.24. The molecule has 94 valence electrons. The van der Waals surface area contributed by atoms with Crippen LogP contribution in [0.2, 0.25) is 0 Å². The third-order valence-corrected chi connectivity index (χ3v) is 3.71. The topological polar surface area (TPSA) is 37.8 Å². The van der Waals surface area contributed by atoms with Crippen LogP contribution in [0.1, 0.15) is 12.6 Å². The van der Waals surface area contributed by atoms with Crippen LogP contribution in [0.4, 0.5) is 10.2 Å². The lowest BCUT2D eigenvalue weighted by molar-refractivity contribution is 0.628. The normalized spacial score (nSPS) is 10.4. The summed E-state index contributed by atoms with van der Waals surface area (Å²) >= 11 is 2.22. The second-order valence-corrected chi connectivity index (χ2v) is 4.85. The van der Waals surface area contributed by atoms with Crippen molar-refractivity contribution >= 4 is 28.4 Å². The van der Waals surface area contributed by atoms with E-state index in [1.54, 1.807) is 6.07 Å². The number of aromatic nitrogens is 2. The Labute approximate surface area is 119 Å². The lowest BCUT2D eigenvalue weighted by atomic mass is 10.2. The van der Waals surface area contributed by atoms with Crippen LogP contribution in [-0.2, 0) is 6.42 Å². The molecule has 0 bridgehead atoms. The second kappa shape index (κ2) is 5.60. The summed E-state index contributed by atoms with van der Waals surface area (Å²) in [6, 6.07) is 6.33. The largest absolute Gasteiger partial charge is 0.372 e. The number of nitrogens with one attached hydrogen (secondary N) is 1. The van der Waals surface area contributed by atoms with Gasteiger partial charge in [-0.3, -0.25) is 0 Å². The molecule has 1 aromatic carbocycles. The highest BCUT2D eigenvalue weighted by atomic mass is 127. The molecule has 0 unspecified atom stereocenters. The standard InChI is InChI=1S/C13H13FIN3/c1-3-10-11(15)13(16-2)18-12(17-10)8-5-4-6-9(14)7-8/h4-7H,3H2,1-2H3,(H,16,17,18). The molecule has 1 N–H and O–H groups in total. The maximum absolute atomic E-state index is 13.2. The van der Waals surface area contributed by atoms with Crippen LogP contribution in [0.25, 0.3) is 11.4 Å². The molecule has 0 atom stereocenters. The molecule has 0 saturated carbocycles. The van der Waals surface area contributed by atoms with Crippen molar-refractivity contribution in [3.63, 3.8) is 0 Å². The number of halogens is 2. The molecule has 18 heavy (non-hydrogen) atoms. The molecule has 3 nitrogen and oxygen atoms in total. The van der Waals surface area contributed by atoms with Crippen LogP contribution in [0.15, 0.2) is 24.3 Å². The minimum atomic E-state index is -0.279. The van der Waals surface area contributed by atoms with Crippen LogP contribution in [0.3, 0.4) is 0 Å². The Hall–Kier alpha value is -1.24. The quantitative estimate of drug-likeness (QED) is 0.855. The maximum Gasteiger partial charge on any atom is 0.161 e. The molecule has 2 aromatic rings. The molecule has 0 spiro atoms.